The summed E-state index contributed by atoms with van der Waals surface area (Å²) in [6.45, 7) is 4.87. The zero-order valence-electron chi connectivity index (χ0n) is 11.2. The van der Waals surface area contributed by atoms with E-state index in [9.17, 15) is 4.79 Å². The summed E-state index contributed by atoms with van der Waals surface area (Å²) in [5, 5.41) is 3.47. The van der Waals surface area contributed by atoms with Gasteiger partial charge in [0, 0.05) is 31.8 Å². The van der Waals surface area contributed by atoms with Gasteiger partial charge < -0.3 is 15.0 Å². The Labute approximate surface area is 109 Å². The molecule has 0 spiro atoms. The standard InChI is InChI=1S/C14H24N2O2/c1-10(11-5-8-18-9-6-11)16-7-4-13(14(16)17)15-12-2-3-12/h10-13,15H,2-9H2,1H3. The maximum Gasteiger partial charge on any atom is 0.240 e. The largest absolute Gasteiger partial charge is 0.381 e. The summed E-state index contributed by atoms with van der Waals surface area (Å²) in [7, 11) is 0. The Hall–Kier alpha value is -0.610. The fourth-order valence-electron chi connectivity index (χ4n) is 3.25. The second kappa shape index (κ2) is 5.17. The molecule has 3 fully saturated rings. The summed E-state index contributed by atoms with van der Waals surface area (Å²) < 4.78 is 5.41. The summed E-state index contributed by atoms with van der Waals surface area (Å²) in [6.07, 6.45) is 5.69. The van der Waals surface area contributed by atoms with Gasteiger partial charge >= 0.3 is 0 Å². The number of nitrogens with one attached hydrogen (secondary N) is 1. The third-order valence-electron chi connectivity index (χ3n) is 4.69. The van der Waals surface area contributed by atoms with E-state index >= 15 is 0 Å². The van der Waals surface area contributed by atoms with Crippen LogP contribution in [0, 0.1) is 5.92 Å². The minimum Gasteiger partial charge on any atom is -0.381 e. The van der Waals surface area contributed by atoms with Crippen LogP contribution < -0.4 is 5.32 Å². The highest BCUT2D eigenvalue weighted by Crippen LogP contribution is 2.28. The van der Waals surface area contributed by atoms with Crippen LogP contribution >= 0.6 is 0 Å². The second-order valence-corrected chi connectivity index (χ2v) is 6.00. The molecule has 1 N–H and O–H groups in total. The van der Waals surface area contributed by atoms with E-state index in [0.717, 1.165) is 39.0 Å². The summed E-state index contributed by atoms with van der Waals surface area (Å²) in [4.78, 5) is 14.5. The number of hydrogen-bond donors (Lipinski definition) is 1. The van der Waals surface area contributed by atoms with Crippen molar-refractivity contribution < 1.29 is 9.53 Å². The van der Waals surface area contributed by atoms with Crippen LogP contribution in [0.2, 0.25) is 0 Å². The van der Waals surface area contributed by atoms with E-state index in [2.05, 4.69) is 17.1 Å². The molecule has 3 rings (SSSR count). The fourth-order valence-corrected chi connectivity index (χ4v) is 3.25. The van der Waals surface area contributed by atoms with E-state index in [4.69, 9.17) is 4.74 Å². The van der Waals surface area contributed by atoms with Gasteiger partial charge in [0.25, 0.3) is 0 Å². The van der Waals surface area contributed by atoms with Crippen molar-refractivity contribution in [1.82, 2.24) is 10.2 Å². The number of carbonyl (C=O) groups excluding carboxylic acids is 1. The highest BCUT2D eigenvalue weighted by Gasteiger charge is 2.39. The molecule has 102 valence electrons. The van der Waals surface area contributed by atoms with Gasteiger partial charge in [-0.1, -0.05) is 0 Å². The molecule has 2 saturated heterocycles. The van der Waals surface area contributed by atoms with E-state index in [1.54, 1.807) is 0 Å². The van der Waals surface area contributed by atoms with Gasteiger partial charge in [0.05, 0.1) is 6.04 Å². The Bertz CT molecular complexity index is 311. The van der Waals surface area contributed by atoms with Crippen molar-refractivity contribution >= 4 is 5.91 Å². The van der Waals surface area contributed by atoms with Crippen molar-refractivity contribution in [2.24, 2.45) is 5.92 Å². The lowest BCUT2D eigenvalue weighted by Gasteiger charge is -2.34. The molecule has 4 heteroatoms. The lowest BCUT2D eigenvalue weighted by molar-refractivity contribution is -0.132. The number of amides is 1. The average molecular weight is 252 g/mol. The number of likely N-dealkylation sites (tertiary alicyclic amines) is 1. The molecule has 2 aliphatic heterocycles. The van der Waals surface area contributed by atoms with Gasteiger partial charge in [0.2, 0.25) is 5.91 Å². The van der Waals surface area contributed by atoms with Crippen molar-refractivity contribution in [2.45, 2.75) is 57.2 Å². The van der Waals surface area contributed by atoms with Crippen LogP contribution in [-0.2, 0) is 9.53 Å². The molecule has 0 aromatic heterocycles. The van der Waals surface area contributed by atoms with Crippen molar-refractivity contribution in [3.05, 3.63) is 0 Å². The number of nitrogens with zero attached hydrogens (tertiary/aromatic N) is 1. The fraction of sp³-hybridized carbons (Fsp3) is 0.929. The van der Waals surface area contributed by atoms with Crippen molar-refractivity contribution in [3.63, 3.8) is 0 Å². The highest BCUT2D eigenvalue weighted by molar-refractivity contribution is 5.84. The molecule has 18 heavy (non-hydrogen) atoms. The zero-order valence-corrected chi connectivity index (χ0v) is 11.2. The van der Waals surface area contributed by atoms with Crippen LogP contribution in [0.15, 0.2) is 0 Å². The van der Waals surface area contributed by atoms with E-state index < -0.39 is 0 Å². The monoisotopic (exact) mass is 252 g/mol. The van der Waals surface area contributed by atoms with Gasteiger partial charge in [-0.2, -0.15) is 0 Å². The first-order chi connectivity index (χ1) is 8.75. The van der Waals surface area contributed by atoms with Gasteiger partial charge in [-0.05, 0) is 44.9 Å². The van der Waals surface area contributed by atoms with Gasteiger partial charge in [0.1, 0.15) is 0 Å². The molecule has 4 nitrogen and oxygen atoms in total. The van der Waals surface area contributed by atoms with Crippen LogP contribution in [-0.4, -0.2) is 48.7 Å². The highest BCUT2D eigenvalue weighted by atomic mass is 16.5. The Kier molecular flexibility index (Phi) is 3.57. The zero-order chi connectivity index (χ0) is 12.5. The van der Waals surface area contributed by atoms with Crippen LogP contribution in [0.25, 0.3) is 0 Å². The molecule has 2 unspecified atom stereocenters. The first-order valence-corrected chi connectivity index (χ1v) is 7.40. The molecule has 1 saturated carbocycles. The number of rotatable bonds is 4. The Morgan fingerprint density at radius 1 is 1.22 bits per heavy atom. The quantitative estimate of drug-likeness (QED) is 0.816. The average Bonchev–Trinajstić information content (AvgIpc) is 3.15. The molecular formula is C14H24N2O2. The number of carbonyl (C=O) groups is 1. The summed E-state index contributed by atoms with van der Waals surface area (Å²) >= 11 is 0. The molecule has 0 aromatic rings. The predicted molar refractivity (Wildman–Crippen MR) is 69.3 cm³/mol. The molecule has 0 aromatic carbocycles. The third-order valence-corrected chi connectivity index (χ3v) is 4.69. The summed E-state index contributed by atoms with van der Waals surface area (Å²) in [5.41, 5.74) is 0. The van der Waals surface area contributed by atoms with Gasteiger partial charge in [-0.25, -0.2) is 0 Å². The topological polar surface area (TPSA) is 41.6 Å². The maximum atomic E-state index is 12.4. The number of ether oxygens (including phenoxy) is 1. The molecule has 1 amide bonds. The lowest BCUT2D eigenvalue weighted by atomic mass is 9.92. The smallest absolute Gasteiger partial charge is 0.240 e. The Morgan fingerprint density at radius 3 is 2.61 bits per heavy atom. The normalized spacial score (nSPS) is 31.9. The van der Waals surface area contributed by atoms with Crippen LogP contribution in [0.1, 0.15) is 39.0 Å². The van der Waals surface area contributed by atoms with Crippen molar-refractivity contribution in [3.8, 4) is 0 Å². The first kappa shape index (κ1) is 12.4. The van der Waals surface area contributed by atoms with E-state index in [1.807, 2.05) is 0 Å². The maximum absolute atomic E-state index is 12.4. The molecular weight excluding hydrogens is 228 g/mol. The van der Waals surface area contributed by atoms with Gasteiger partial charge in [-0.3, -0.25) is 4.79 Å². The van der Waals surface area contributed by atoms with Crippen LogP contribution in [0.4, 0.5) is 0 Å². The van der Waals surface area contributed by atoms with Gasteiger partial charge in [0.15, 0.2) is 0 Å². The Balaban J connectivity index is 1.56. The second-order valence-electron chi connectivity index (χ2n) is 6.00. The van der Waals surface area contributed by atoms with Crippen molar-refractivity contribution in [1.29, 1.82) is 0 Å². The molecule has 1 aliphatic carbocycles. The molecule has 3 aliphatic rings. The molecule has 0 bridgehead atoms. The minimum atomic E-state index is 0.0970. The van der Waals surface area contributed by atoms with E-state index in [1.165, 1.54) is 12.8 Å². The SMILES string of the molecule is CC(C1CCOCC1)N1CCC(NC2CC2)C1=O. The van der Waals surface area contributed by atoms with Crippen molar-refractivity contribution in [2.75, 3.05) is 19.8 Å². The Morgan fingerprint density at radius 2 is 1.94 bits per heavy atom. The lowest BCUT2D eigenvalue weighted by Crippen LogP contribution is -2.45. The number of hydrogen-bond acceptors (Lipinski definition) is 3. The summed E-state index contributed by atoms with van der Waals surface area (Å²) in [6, 6.07) is 1.10. The molecule has 2 heterocycles. The first-order valence-electron chi connectivity index (χ1n) is 7.40. The molecule has 0 radical (unpaired) electrons. The molecule has 2 atom stereocenters. The van der Waals surface area contributed by atoms with E-state index in [0.29, 0.717) is 23.9 Å². The van der Waals surface area contributed by atoms with Crippen LogP contribution in [0.3, 0.4) is 0 Å². The third kappa shape index (κ3) is 2.54. The summed E-state index contributed by atoms with van der Waals surface area (Å²) in [5.74, 6) is 0.961. The minimum absolute atomic E-state index is 0.0970. The van der Waals surface area contributed by atoms with Crippen LogP contribution in [0.5, 0.6) is 0 Å². The van der Waals surface area contributed by atoms with E-state index in [-0.39, 0.29) is 6.04 Å². The van der Waals surface area contributed by atoms with Gasteiger partial charge in [-0.15, -0.1) is 0 Å². The predicted octanol–water partition coefficient (Wildman–Crippen LogP) is 1.15.